The molecule has 0 aliphatic carbocycles. The van der Waals surface area contributed by atoms with Gasteiger partial charge in [-0.1, -0.05) is 39.0 Å². The number of nitrogens with zero attached hydrogens (tertiary/aromatic N) is 1. The van der Waals surface area contributed by atoms with Crippen LogP contribution in [0.25, 0.3) is 11.5 Å². The Morgan fingerprint density at radius 1 is 1.06 bits per heavy atom. The summed E-state index contributed by atoms with van der Waals surface area (Å²) in [6.45, 7) is 10.3. The molecule has 2 unspecified atom stereocenters. The number of nitrogens with one attached hydrogen (secondary N) is 1. The molecule has 0 amide bonds. The maximum Gasteiger partial charge on any atom is 0.534 e. The maximum absolute atomic E-state index is 12.9. The maximum atomic E-state index is 12.9. The first-order valence-electron chi connectivity index (χ1n) is 9.18. The van der Waals surface area contributed by atoms with Gasteiger partial charge in [0.15, 0.2) is 5.76 Å². The van der Waals surface area contributed by atoms with Gasteiger partial charge in [-0.25, -0.2) is 8.93 Å². The highest BCUT2D eigenvalue weighted by atomic mass is 32.2. The lowest BCUT2D eigenvalue weighted by atomic mass is 9.86. The number of halogens is 3. The fourth-order valence-corrected chi connectivity index (χ4v) is 3.77. The highest BCUT2D eigenvalue weighted by Gasteiger charge is 2.50. The molecule has 0 saturated carbocycles. The zero-order chi connectivity index (χ0) is 23.8. The highest BCUT2D eigenvalue weighted by Crippen LogP contribution is 2.42. The van der Waals surface area contributed by atoms with Crippen molar-refractivity contribution in [3.8, 4) is 17.3 Å². The number of alkyl halides is 3. The normalized spacial score (nSPS) is 15.5. The van der Waals surface area contributed by atoms with Crippen molar-refractivity contribution < 1.29 is 34.4 Å². The Kier molecular flexibility index (Phi) is 6.99. The van der Waals surface area contributed by atoms with E-state index < -0.39 is 48.7 Å². The van der Waals surface area contributed by atoms with Gasteiger partial charge in [-0.3, -0.25) is 0 Å². The number of oxazole rings is 1. The zero-order valence-electron chi connectivity index (χ0n) is 17.9. The molecule has 2 aromatic rings. The molecule has 0 aliphatic heterocycles. The average Bonchev–Trinajstić information content (AvgIpc) is 3.00. The molecule has 1 aromatic carbocycles. The van der Waals surface area contributed by atoms with Crippen molar-refractivity contribution in [2.24, 2.45) is 5.41 Å². The van der Waals surface area contributed by atoms with E-state index in [0.717, 1.165) is 0 Å². The summed E-state index contributed by atoms with van der Waals surface area (Å²) in [5, 5.41) is 0. The van der Waals surface area contributed by atoms with Gasteiger partial charge >= 0.3 is 15.6 Å². The summed E-state index contributed by atoms with van der Waals surface area (Å²) < 4.78 is 87.0. The lowest BCUT2D eigenvalue weighted by molar-refractivity contribution is -0.0501. The number of aromatic nitrogens is 1. The van der Waals surface area contributed by atoms with Gasteiger partial charge < -0.3 is 8.60 Å². The second-order valence-corrected chi connectivity index (χ2v) is 12.4. The third kappa shape index (κ3) is 6.07. The Labute approximate surface area is 182 Å². The second kappa shape index (κ2) is 8.55. The Balaban J connectivity index is 2.66. The van der Waals surface area contributed by atoms with Gasteiger partial charge in [0.05, 0.1) is 21.8 Å². The van der Waals surface area contributed by atoms with E-state index in [0.29, 0.717) is 5.56 Å². The minimum absolute atomic E-state index is 0.138. The molecule has 0 saturated heterocycles. The van der Waals surface area contributed by atoms with Crippen molar-refractivity contribution in [1.29, 1.82) is 0 Å². The van der Waals surface area contributed by atoms with Crippen molar-refractivity contribution in [2.75, 3.05) is 0 Å². The predicted octanol–water partition coefficient (Wildman–Crippen LogP) is 4.71. The summed E-state index contributed by atoms with van der Waals surface area (Å²) in [5.74, 6) is -1.31. The van der Waals surface area contributed by atoms with E-state index in [1.807, 2.05) is 0 Å². The number of hydrogen-bond donors (Lipinski definition) is 1. The smallest absolute Gasteiger partial charge is 0.435 e. The van der Waals surface area contributed by atoms with E-state index >= 15 is 0 Å². The van der Waals surface area contributed by atoms with Gasteiger partial charge in [-0.15, -0.1) is 0 Å². The highest BCUT2D eigenvalue weighted by molar-refractivity contribution is 7.88. The fourth-order valence-electron chi connectivity index (χ4n) is 2.32. The third-order valence-electron chi connectivity index (χ3n) is 4.02. The van der Waals surface area contributed by atoms with Crippen LogP contribution in [0.5, 0.6) is 5.88 Å². The van der Waals surface area contributed by atoms with Gasteiger partial charge in [-0.05, 0) is 38.3 Å². The van der Waals surface area contributed by atoms with Crippen molar-refractivity contribution in [3.63, 3.8) is 0 Å². The minimum atomic E-state index is -6.00. The summed E-state index contributed by atoms with van der Waals surface area (Å²) in [6, 6.07) is 7.21. The summed E-state index contributed by atoms with van der Waals surface area (Å²) in [4.78, 5) is 3.88. The van der Waals surface area contributed by atoms with Crippen LogP contribution in [0.2, 0.25) is 0 Å². The standard InChI is InChI=1S/C19H25F3N2O5S2/c1-17(2,3)14(24-30(25)18(4,5)6)13-16(29-31(26,27)19(20,21)22)23-15(28-13)12-10-8-7-9-11-12/h7-11,14,24H,1-6H3. The molecule has 31 heavy (non-hydrogen) atoms. The molecule has 12 heteroatoms. The number of benzene rings is 1. The SMILES string of the molecule is CC(C)(C)C(NS(=O)C(C)(C)C)c1oc(-c2ccccc2)nc1OS(=O)(=O)C(F)(F)F. The Hall–Kier alpha value is -1.92. The van der Waals surface area contributed by atoms with Crippen molar-refractivity contribution in [1.82, 2.24) is 9.71 Å². The Morgan fingerprint density at radius 3 is 2.06 bits per heavy atom. The van der Waals surface area contributed by atoms with Crippen molar-refractivity contribution >= 4 is 21.1 Å². The van der Waals surface area contributed by atoms with Gasteiger partial charge in [0.1, 0.15) is 0 Å². The molecule has 1 aromatic heterocycles. The lowest BCUT2D eigenvalue weighted by Crippen LogP contribution is -2.40. The van der Waals surface area contributed by atoms with E-state index in [1.54, 1.807) is 71.9 Å². The van der Waals surface area contributed by atoms with Gasteiger partial charge in [0.25, 0.3) is 5.88 Å². The molecule has 2 atom stereocenters. The Morgan fingerprint density at radius 2 is 1.61 bits per heavy atom. The van der Waals surface area contributed by atoms with Gasteiger partial charge in [-0.2, -0.15) is 26.6 Å². The van der Waals surface area contributed by atoms with Crippen LogP contribution in [0.15, 0.2) is 34.7 Å². The van der Waals surface area contributed by atoms with Crippen LogP contribution in [0.1, 0.15) is 53.3 Å². The van der Waals surface area contributed by atoms with Crippen LogP contribution in [-0.2, 0) is 21.1 Å². The first kappa shape index (κ1) is 25.3. The van der Waals surface area contributed by atoms with Crippen LogP contribution in [-0.4, -0.2) is 27.9 Å². The average molecular weight is 483 g/mol. The third-order valence-corrected chi connectivity index (χ3v) is 6.53. The molecule has 7 nitrogen and oxygen atoms in total. The summed E-state index contributed by atoms with van der Waals surface area (Å²) in [6.07, 6.45) is 0. The summed E-state index contributed by atoms with van der Waals surface area (Å²) in [7, 11) is -7.67. The molecular formula is C19H25F3N2O5S2. The van der Waals surface area contributed by atoms with Crippen LogP contribution in [0, 0.1) is 5.41 Å². The predicted molar refractivity (Wildman–Crippen MR) is 111 cm³/mol. The molecule has 0 fully saturated rings. The fraction of sp³-hybridized carbons (Fsp3) is 0.526. The first-order chi connectivity index (χ1) is 13.9. The van der Waals surface area contributed by atoms with E-state index in [4.69, 9.17) is 4.42 Å². The molecule has 2 rings (SSSR count). The first-order valence-corrected chi connectivity index (χ1v) is 11.7. The van der Waals surface area contributed by atoms with E-state index in [1.165, 1.54) is 0 Å². The van der Waals surface area contributed by atoms with Gasteiger partial charge in [0, 0.05) is 5.56 Å². The van der Waals surface area contributed by atoms with E-state index in [2.05, 4.69) is 13.9 Å². The monoisotopic (exact) mass is 482 g/mol. The van der Waals surface area contributed by atoms with E-state index in [9.17, 15) is 25.8 Å². The molecule has 0 bridgehead atoms. The minimum Gasteiger partial charge on any atom is -0.435 e. The summed E-state index contributed by atoms with van der Waals surface area (Å²) >= 11 is 0. The quantitative estimate of drug-likeness (QED) is 0.473. The van der Waals surface area contributed by atoms with Gasteiger partial charge in [0.2, 0.25) is 5.89 Å². The molecule has 174 valence electrons. The number of hydrogen-bond acceptors (Lipinski definition) is 6. The Bertz CT molecular complexity index is 1040. The zero-order valence-corrected chi connectivity index (χ0v) is 19.5. The molecular weight excluding hydrogens is 457 g/mol. The number of rotatable bonds is 6. The van der Waals surface area contributed by atoms with Crippen LogP contribution >= 0.6 is 0 Å². The largest absolute Gasteiger partial charge is 0.534 e. The molecule has 0 spiro atoms. The van der Waals surface area contributed by atoms with Crippen LogP contribution in [0.3, 0.4) is 0 Å². The van der Waals surface area contributed by atoms with E-state index in [-0.39, 0.29) is 11.7 Å². The molecule has 0 radical (unpaired) electrons. The topological polar surface area (TPSA) is 98.5 Å². The van der Waals surface area contributed by atoms with Crippen LogP contribution < -0.4 is 8.91 Å². The van der Waals surface area contributed by atoms with Crippen LogP contribution in [0.4, 0.5) is 13.2 Å². The second-order valence-electron chi connectivity index (χ2n) is 8.84. The molecule has 0 aliphatic rings. The lowest BCUT2D eigenvalue weighted by Gasteiger charge is -2.32. The summed E-state index contributed by atoms with van der Waals surface area (Å²) in [5.41, 5.74) is -6.03. The molecule has 1 heterocycles. The van der Waals surface area contributed by atoms with Crippen molar-refractivity contribution in [3.05, 3.63) is 36.1 Å². The molecule has 1 N–H and O–H groups in total. The van der Waals surface area contributed by atoms with Crippen molar-refractivity contribution in [2.45, 2.75) is 57.8 Å².